The van der Waals surface area contributed by atoms with E-state index in [1.165, 1.54) is 13.8 Å². The first-order valence-corrected chi connectivity index (χ1v) is 5.56. The molecule has 4 heteroatoms. The Labute approximate surface area is 105 Å². The summed E-state index contributed by atoms with van der Waals surface area (Å²) in [6, 6.07) is 13.2. The Morgan fingerprint density at radius 1 is 1.00 bits per heavy atom. The lowest BCUT2D eigenvalue weighted by Crippen LogP contribution is -2.30. The summed E-state index contributed by atoms with van der Waals surface area (Å²) in [5, 5.41) is 3.04. The van der Waals surface area contributed by atoms with Gasteiger partial charge in [-0.05, 0) is 22.9 Å². The van der Waals surface area contributed by atoms with E-state index in [9.17, 15) is 9.59 Å². The van der Waals surface area contributed by atoms with E-state index in [2.05, 4.69) is 0 Å². The molecular formula is C14H13NO3. The first-order valence-electron chi connectivity index (χ1n) is 5.56. The molecule has 1 amide bonds. The van der Waals surface area contributed by atoms with Crippen molar-refractivity contribution < 1.29 is 14.4 Å². The van der Waals surface area contributed by atoms with Crippen LogP contribution in [0.3, 0.4) is 0 Å². The Hall–Kier alpha value is -2.36. The van der Waals surface area contributed by atoms with E-state index in [0.29, 0.717) is 5.69 Å². The van der Waals surface area contributed by atoms with Gasteiger partial charge >= 0.3 is 5.97 Å². The molecule has 2 aromatic carbocycles. The Kier molecular flexibility index (Phi) is 3.28. The van der Waals surface area contributed by atoms with Gasteiger partial charge in [-0.2, -0.15) is 0 Å². The summed E-state index contributed by atoms with van der Waals surface area (Å²) in [5.41, 5.74) is 0.538. The van der Waals surface area contributed by atoms with Crippen molar-refractivity contribution in [3.63, 3.8) is 0 Å². The van der Waals surface area contributed by atoms with E-state index in [1.54, 1.807) is 12.1 Å². The average Bonchev–Trinajstić information content (AvgIpc) is 2.35. The van der Waals surface area contributed by atoms with Crippen LogP contribution in [0.2, 0.25) is 0 Å². The van der Waals surface area contributed by atoms with Crippen molar-refractivity contribution in [1.29, 1.82) is 0 Å². The fourth-order valence-electron chi connectivity index (χ4n) is 1.73. The molecule has 0 heterocycles. The molecule has 0 spiro atoms. The molecule has 0 aliphatic heterocycles. The number of hydrogen-bond donors (Lipinski definition) is 0. The fourth-order valence-corrected chi connectivity index (χ4v) is 1.73. The summed E-state index contributed by atoms with van der Waals surface area (Å²) >= 11 is 0. The minimum absolute atomic E-state index is 0.347. The summed E-state index contributed by atoms with van der Waals surface area (Å²) in [6.45, 7) is 2.61. The second kappa shape index (κ2) is 4.87. The molecule has 2 rings (SSSR count). The monoisotopic (exact) mass is 243 g/mol. The minimum Gasteiger partial charge on any atom is -0.334 e. The number of benzene rings is 2. The standard InChI is InChI=1S/C14H13NO3/c1-10(16)15(18-11(2)17)14-8-7-12-5-3-4-6-13(12)9-14/h3-9H,1-2H3. The summed E-state index contributed by atoms with van der Waals surface area (Å²) < 4.78 is 0. The van der Waals surface area contributed by atoms with Crippen LogP contribution in [0, 0.1) is 0 Å². The average molecular weight is 243 g/mol. The predicted octanol–water partition coefficient (Wildman–Crippen LogP) is 2.67. The van der Waals surface area contributed by atoms with Crippen LogP contribution in [0.15, 0.2) is 42.5 Å². The van der Waals surface area contributed by atoms with Crippen LogP contribution in [0.1, 0.15) is 13.8 Å². The minimum atomic E-state index is -0.529. The topological polar surface area (TPSA) is 46.6 Å². The molecule has 0 radical (unpaired) electrons. The smallest absolute Gasteiger partial charge is 0.330 e. The number of amides is 1. The first kappa shape index (κ1) is 12.1. The van der Waals surface area contributed by atoms with Crippen molar-refractivity contribution in [1.82, 2.24) is 0 Å². The molecule has 4 nitrogen and oxygen atoms in total. The van der Waals surface area contributed by atoms with Gasteiger partial charge in [0.05, 0.1) is 5.69 Å². The van der Waals surface area contributed by atoms with Gasteiger partial charge in [0.25, 0.3) is 5.91 Å². The second-order valence-electron chi connectivity index (χ2n) is 3.93. The van der Waals surface area contributed by atoms with Crippen LogP contribution in [0.25, 0.3) is 10.8 Å². The third kappa shape index (κ3) is 2.48. The van der Waals surface area contributed by atoms with Gasteiger partial charge in [0, 0.05) is 13.8 Å². The molecule has 0 bridgehead atoms. The van der Waals surface area contributed by atoms with Crippen molar-refractivity contribution in [3.05, 3.63) is 42.5 Å². The van der Waals surface area contributed by atoms with Gasteiger partial charge in [-0.1, -0.05) is 30.3 Å². The summed E-state index contributed by atoms with van der Waals surface area (Å²) in [7, 11) is 0. The van der Waals surface area contributed by atoms with Crippen LogP contribution in [-0.2, 0) is 14.4 Å². The highest BCUT2D eigenvalue weighted by atomic mass is 16.7. The second-order valence-corrected chi connectivity index (χ2v) is 3.93. The molecule has 0 saturated heterocycles. The van der Waals surface area contributed by atoms with Gasteiger partial charge in [0.15, 0.2) is 0 Å². The molecule has 0 atom stereocenters. The van der Waals surface area contributed by atoms with Crippen LogP contribution in [0.5, 0.6) is 0 Å². The van der Waals surface area contributed by atoms with Crippen LogP contribution >= 0.6 is 0 Å². The van der Waals surface area contributed by atoms with E-state index in [4.69, 9.17) is 4.84 Å². The number of hydroxylamine groups is 1. The molecule has 0 saturated carbocycles. The Morgan fingerprint density at radius 3 is 2.28 bits per heavy atom. The van der Waals surface area contributed by atoms with Crippen molar-refractivity contribution in [2.24, 2.45) is 0 Å². The maximum atomic E-state index is 11.5. The Bertz CT molecular complexity index is 607. The van der Waals surface area contributed by atoms with E-state index in [-0.39, 0.29) is 5.91 Å². The highest BCUT2D eigenvalue weighted by Gasteiger charge is 2.15. The van der Waals surface area contributed by atoms with Crippen molar-refractivity contribution in [3.8, 4) is 0 Å². The van der Waals surface area contributed by atoms with E-state index >= 15 is 0 Å². The third-order valence-electron chi connectivity index (χ3n) is 2.47. The molecule has 2 aromatic rings. The Morgan fingerprint density at radius 2 is 1.67 bits per heavy atom. The third-order valence-corrected chi connectivity index (χ3v) is 2.47. The predicted molar refractivity (Wildman–Crippen MR) is 68.9 cm³/mol. The lowest BCUT2D eigenvalue weighted by atomic mass is 10.1. The van der Waals surface area contributed by atoms with Gasteiger partial charge in [0.2, 0.25) is 0 Å². The number of nitrogens with zero attached hydrogens (tertiary/aromatic N) is 1. The number of rotatable bonds is 1. The summed E-state index contributed by atoms with van der Waals surface area (Å²) in [4.78, 5) is 27.3. The number of carbonyl (C=O) groups excluding carboxylic acids is 2. The molecule has 0 aromatic heterocycles. The van der Waals surface area contributed by atoms with Gasteiger partial charge in [-0.15, -0.1) is 5.06 Å². The molecular weight excluding hydrogens is 230 g/mol. The number of carbonyl (C=O) groups is 2. The van der Waals surface area contributed by atoms with E-state index < -0.39 is 5.97 Å². The molecule has 0 unspecified atom stereocenters. The highest BCUT2D eigenvalue weighted by Crippen LogP contribution is 2.22. The van der Waals surface area contributed by atoms with Gasteiger partial charge in [-0.3, -0.25) is 4.79 Å². The van der Waals surface area contributed by atoms with Gasteiger partial charge < -0.3 is 4.84 Å². The number of anilines is 1. The summed E-state index contributed by atoms with van der Waals surface area (Å²) in [5.74, 6) is -0.876. The van der Waals surface area contributed by atoms with Crippen molar-refractivity contribution in [2.45, 2.75) is 13.8 Å². The quantitative estimate of drug-likeness (QED) is 0.723. The van der Waals surface area contributed by atoms with Gasteiger partial charge in [-0.25, -0.2) is 4.79 Å². The summed E-state index contributed by atoms with van der Waals surface area (Å²) in [6.07, 6.45) is 0. The molecule has 0 aliphatic rings. The lowest BCUT2D eigenvalue weighted by Gasteiger charge is -2.19. The molecule has 0 fully saturated rings. The molecule has 0 N–H and O–H groups in total. The van der Waals surface area contributed by atoms with Crippen molar-refractivity contribution in [2.75, 3.05) is 5.06 Å². The zero-order valence-corrected chi connectivity index (χ0v) is 10.2. The SMILES string of the molecule is CC(=O)ON(C(C)=O)c1ccc2ccccc2c1. The fraction of sp³-hybridized carbons (Fsp3) is 0.143. The van der Waals surface area contributed by atoms with E-state index in [1.807, 2.05) is 30.3 Å². The van der Waals surface area contributed by atoms with Crippen molar-refractivity contribution >= 4 is 28.3 Å². The maximum Gasteiger partial charge on any atom is 0.330 e. The van der Waals surface area contributed by atoms with Gasteiger partial charge in [0.1, 0.15) is 0 Å². The molecule has 92 valence electrons. The number of hydrogen-bond acceptors (Lipinski definition) is 3. The van der Waals surface area contributed by atoms with Crippen LogP contribution in [0.4, 0.5) is 5.69 Å². The van der Waals surface area contributed by atoms with E-state index in [0.717, 1.165) is 15.8 Å². The number of fused-ring (bicyclic) bond motifs is 1. The molecule has 0 aliphatic carbocycles. The zero-order valence-electron chi connectivity index (χ0n) is 10.2. The highest BCUT2D eigenvalue weighted by molar-refractivity contribution is 5.94. The maximum absolute atomic E-state index is 11.5. The Balaban J connectivity index is 2.44. The zero-order chi connectivity index (χ0) is 13.1. The van der Waals surface area contributed by atoms with Crippen LogP contribution < -0.4 is 5.06 Å². The van der Waals surface area contributed by atoms with Crippen LogP contribution in [-0.4, -0.2) is 11.9 Å². The molecule has 18 heavy (non-hydrogen) atoms. The largest absolute Gasteiger partial charge is 0.334 e. The normalized spacial score (nSPS) is 10.1. The lowest BCUT2D eigenvalue weighted by molar-refractivity contribution is -0.147. The first-order chi connectivity index (χ1) is 8.58.